The number of carbonyl (C=O) groups is 2. The summed E-state index contributed by atoms with van der Waals surface area (Å²) in [4.78, 5) is 31.2. The average Bonchev–Trinajstić information content (AvgIpc) is 3.54. The van der Waals surface area contributed by atoms with E-state index in [9.17, 15) is 14.7 Å². The van der Waals surface area contributed by atoms with Crippen LogP contribution in [-0.2, 0) is 16.1 Å². The van der Waals surface area contributed by atoms with E-state index in [0.717, 1.165) is 57.1 Å². The van der Waals surface area contributed by atoms with E-state index < -0.39 is 12.0 Å². The molecule has 2 aromatic heterocycles. The zero-order valence-electron chi connectivity index (χ0n) is 24.0. The average molecular weight is 563 g/mol. The molecule has 42 heavy (non-hydrogen) atoms. The second kappa shape index (κ2) is 12.7. The second-order valence-electron chi connectivity index (χ2n) is 10.8. The summed E-state index contributed by atoms with van der Waals surface area (Å²) in [7, 11) is 0. The minimum absolute atomic E-state index is 0.139. The molecule has 0 fully saturated rings. The summed E-state index contributed by atoms with van der Waals surface area (Å²) in [5, 5.41) is 25.7. The number of carbonyl (C=O) groups excluding carboxylic acids is 1. The maximum Gasteiger partial charge on any atom is 0.326 e. The number of aliphatic carboxylic acids is 1. The molecule has 2 heterocycles. The number of carboxylic acid groups (broad SMARTS) is 1. The fourth-order valence-electron chi connectivity index (χ4n) is 5.27. The largest absolute Gasteiger partial charge is 0.480 e. The van der Waals surface area contributed by atoms with E-state index in [2.05, 4.69) is 43.8 Å². The minimum atomic E-state index is -0.988. The SMILES string of the molecule is CCCCC(=O)N(Cc1ccc(-c2cc(-c3ccc4ncccc4c3)ccc2-c2nn[nH]n2)cc1)[C@H](C(=O)O)C(C)C. The van der Waals surface area contributed by atoms with Crippen molar-refractivity contribution in [2.75, 3.05) is 0 Å². The van der Waals surface area contributed by atoms with Crippen LogP contribution in [0.15, 0.2) is 79.0 Å². The first-order valence-corrected chi connectivity index (χ1v) is 14.2. The van der Waals surface area contributed by atoms with Crippen molar-refractivity contribution in [1.29, 1.82) is 0 Å². The van der Waals surface area contributed by atoms with Crippen LogP contribution in [-0.4, -0.2) is 53.5 Å². The predicted octanol–water partition coefficient (Wildman–Crippen LogP) is 6.38. The Morgan fingerprint density at radius 1 is 0.929 bits per heavy atom. The molecule has 1 amide bonds. The molecule has 0 saturated carbocycles. The van der Waals surface area contributed by atoms with E-state index in [1.165, 1.54) is 4.90 Å². The van der Waals surface area contributed by atoms with E-state index in [1.54, 1.807) is 6.20 Å². The van der Waals surface area contributed by atoms with Gasteiger partial charge in [-0.1, -0.05) is 69.7 Å². The summed E-state index contributed by atoms with van der Waals surface area (Å²) < 4.78 is 0. The highest BCUT2D eigenvalue weighted by atomic mass is 16.4. The van der Waals surface area contributed by atoms with Gasteiger partial charge < -0.3 is 10.0 Å². The third-order valence-corrected chi connectivity index (χ3v) is 7.44. The van der Waals surface area contributed by atoms with Crippen molar-refractivity contribution >= 4 is 22.8 Å². The van der Waals surface area contributed by atoms with Gasteiger partial charge in [0.2, 0.25) is 11.7 Å². The van der Waals surface area contributed by atoms with E-state index in [0.29, 0.717) is 12.2 Å². The summed E-state index contributed by atoms with van der Waals surface area (Å²) in [6.45, 7) is 5.91. The van der Waals surface area contributed by atoms with Crippen LogP contribution in [0.1, 0.15) is 45.6 Å². The lowest BCUT2D eigenvalue weighted by atomic mass is 9.93. The topological polar surface area (TPSA) is 125 Å². The first kappa shape index (κ1) is 28.6. The molecule has 9 heteroatoms. The van der Waals surface area contributed by atoms with Gasteiger partial charge in [-0.15, -0.1) is 10.2 Å². The Morgan fingerprint density at radius 3 is 2.36 bits per heavy atom. The third kappa shape index (κ3) is 6.20. The van der Waals surface area contributed by atoms with E-state index in [4.69, 9.17) is 0 Å². The number of fused-ring (bicyclic) bond motifs is 1. The maximum absolute atomic E-state index is 13.1. The Kier molecular flexibility index (Phi) is 8.66. The van der Waals surface area contributed by atoms with Crippen LogP contribution in [0.4, 0.5) is 0 Å². The molecular formula is C33H34N6O3. The van der Waals surface area contributed by atoms with Crippen molar-refractivity contribution < 1.29 is 14.7 Å². The lowest BCUT2D eigenvalue weighted by molar-refractivity contribution is -0.153. The molecular weight excluding hydrogens is 528 g/mol. The van der Waals surface area contributed by atoms with Crippen LogP contribution in [0.3, 0.4) is 0 Å². The van der Waals surface area contributed by atoms with Gasteiger partial charge in [0.1, 0.15) is 6.04 Å². The van der Waals surface area contributed by atoms with Crippen molar-refractivity contribution in [3.05, 3.63) is 84.6 Å². The molecule has 1 atom stereocenters. The Hall–Kier alpha value is -4.92. The van der Waals surface area contributed by atoms with E-state index >= 15 is 0 Å². The Labute approximate surface area is 244 Å². The number of nitrogens with zero attached hydrogens (tertiary/aromatic N) is 5. The normalized spacial score (nSPS) is 12.0. The highest BCUT2D eigenvalue weighted by Crippen LogP contribution is 2.35. The number of nitrogens with one attached hydrogen (secondary N) is 1. The summed E-state index contributed by atoms with van der Waals surface area (Å²) in [6, 6.07) is 23.3. The van der Waals surface area contributed by atoms with E-state index in [1.807, 2.05) is 75.4 Å². The fraction of sp³-hybridized carbons (Fsp3) is 0.273. The quantitative estimate of drug-likeness (QED) is 0.191. The zero-order chi connectivity index (χ0) is 29.6. The first-order chi connectivity index (χ1) is 20.4. The Bertz CT molecular complexity index is 1680. The van der Waals surface area contributed by atoms with Crippen molar-refractivity contribution in [2.24, 2.45) is 5.92 Å². The van der Waals surface area contributed by atoms with E-state index in [-0.39, 0.29) is 18.4 Å². The number of H-pyrrole nitrogens is 1. The molecule has 0 aliphatic carbocycles. The molecule has 2 N–H and O–H groups in total. The van der Waals surface area contributed by atoms with Crippen LogP contribution in [0.25, 0.3) is 44.5 Å². The third-order valence-electron chi connectivity index (χ3n) is 7.44. The monoisotopic (exact) mass is 562 g/mol. The summed E-state index contributed by atoms with van der Waals surface area (Å²) in [5.74, 6) is -0.868. The van der Waals surface area contributed by atoms with Crippen LogP contribution < -0.4 is 0 Å². The number of benzene rings is 3. The molecule has 5 rings (SSSR count). The number of aromatic nitrogens is 5. The minimum Gasteiger partial charge on any atom is -0.480 e. The number of hydrogen-bond acceptors (Lipinski definition) is 6. The van der Waals surface area contributed by atoms with Gasteiger partial charge in [-0.05, 0) is 75.7 Å². The summed E-state index contributed by atoms with van der Waals surface area (Å²) in [5.41, 5.74) is 6.56. The molecule has 0 aliphatic heterocycles. The smallest absolute Gasteiger partial charge is 0.326 e. The van der Waals surface area contributed by atoms with Gasteiger partial charge in [-0.2, -0.15) is 5.21 Å². The number of pyridine rings is 1. The van der Waals surface area contributed by atoms with Gasteiger partial charge in [0.15, 0.2) is 0 Å². The maximum atomic E-state index is 13.1. The number of tetrazole rings is 1. The number of carboxylic acids is 1. The second-order valence-corrected chi connectivity index (χ2v) is 10.8. The zero-order valence-corrected chi connectivity index (χ0v) is 24.0. The molecule has 214 valence electrons. The highest BCUT2D eigenvalue weighted by molar-refractivity contribution is 5.88. The van der Waals surface area contributed by atoms with Crippen molar-refractivity contribution in [3.8, 4) is 33.6 Å². The Morgan fingerprint density at radius 2 is 1.67 bits per heavy atom. The standard InChI is InChI=1S/C33H34N6O3/c1-4-5-8-30(40)39(31(21(2)3)33(41)42)20-22-9-11-23(12-10-22)28-19-25(13-15-27(28)32-35-37-38-36-32)24-14-16-29-26(18-24)7-6-17-34-29/h6-7,9-19,21,31H,4-5,8,20H2,1-3H3,(H,41,42)(H,35,36,37,38)/t31-/m0/s1. The molecule has 0 spiro atoms. The van der Waals surface area contributed by atoms with Crippen LogP contribution in [0.5, 0.6) is 0 Å². The molecule has 9 nitrogen and oxygen atoms in total. The molecule has 0 bridgehead atoms. The number of hydrogen-bond donors (Lipinski definition) is 2. The molecule has 0 saturated heterocycles. The summed E-state index contributed by atoms with van der Waals surface area (Å²) in [6.07, 6.45) is 3.71. The number of aromatic amines is 1. The Balaban J connectivity index is 1.50. The fourth-order valence-corrected chi connectivity index (χ4v) is 5.27. The lowest BCUT2D eigenvalue weighted by Crippen LogP contribution is -2.47. The van der Waals surface area contributed by atoms with Crippen molar-refractivity contribution in [3.63, 3.8) is 0 Å². The van der Waals surface area contributed by atoms with Gasteiger partial charge >= 0.3 is 5.97 Å². The molecule has 0 aliphatic rings. The summed E-state index contributed by atoms with van der Waals surface area (Å²) >= 11 is 0. The van der Waals surface area contributed by atoms with Gasteiger partial charge in [-0.3, -0.25) is 9.78 Å². The number of amides is 1. The molecule has 0 radical (unpaired) electrons. The van der Waals surface area contributed by atoms with Crippen LogP contribution >= 0.6 is 0 Å². The van der Waals surface area contributed by atoms with Gasteiger partial charge in [0.05, 0.1) is 5.52 Å². The molecule has 5 aromatic rings. The van der Waals surface area contributed by atoms with Crippen LogP contribution in [0, 0.1) is 5.92 Å². The van der Waals surface area contributed by atoms with Crippen LogP contribution in [0.2, 0.25) is 0 Å². The van der Waals surface area contributed by atoms with Gasteiger partial charge in [0.25, 0.3) is 0 Å². The van der Waals surface area contributed by atoms with Gasteiger partial charge in [-0.25, -0.2) is 4.79 Å². The molecule has 3 aromatic carbocycles. The van der Waals surface area contributed by atoms with Crippen molar-refractivity contribution in [2.45, 2.75) is 52.6 Å². The first-order valence-electron chi connectivity index (χ1n) is 14.2. The number of unbranched alkanes of at least 4 members (excludes halogenated alkanes) is 1. The lowest BCUT2D eigenvalue weighted by Gasteiger charge is -2.32. The predicted molar refractivity (Wildman–Crippen MR) is 162 cm³/mol. The molecule has 0 unspecified atom stereocenters. The van der Waals surface area contributed by atoms with Crippen molar-refractivity contribution in [1.82, 2.24) is 30.5 Å². The van der Waals surface area contributed by atoms with Gasteiger partial charge in [0, 0.05) is 30.1 Å². The number of rotatable bonds is 11. The highest BCUT2D eigenvalue weighted by Gasteiger charge is 2.32.